The molecule has 0 saturated carbocycles. The molecule has 0 radical (unpaired) electrons. The number of amides is 1. The molecule has 6 nitrogen and oxygen atoms in total. The normalized spacial score (nSPS) is 16.3. The first-order valence-electron chi connectivity index (χ1n) is 8.32. The first-order valence-corrected chi connectivity index (χ1v) is 8.32. The fourth-order valence-electron chi connectivity index (χ4n) is 3.30. The van der Waals surface area contributed by atoms with Gasteiger partial charge in [-0.1, -0.05) is 30.3 Å². The van der Waals surface area contributed by atoms with Gasteiger partial charge in [-0.3, -0.25) is 4.79 Å². The molecule has 6 heteroatoms. The number of rotatable bonds is 4. The molecule has 1 aliphatic heterocycles. The maximum atomic E-state index is 12.6. The van der Waals surface area contributed by atoms with Crippen LogP contribution in [0.1, 0.15) is 23.9 Å². The van der Waals surface area contributed by atoms with E-state index in [1.807, 2.05) is 48.5 Å². The number of imidazole rings is 1. The number of aliphatic hydroxyl groups is 1. The average Bonchev–Trinajstić information content (AvgIpc) is 3.00. The summed E-state index contributed by atoms with van der Waals surface area (Å²) < 4.78 is 7.40. The Morgan fingerprint density at radius 1 is 1.24 bits per heavy atom. The van der Waals surface area contributed by atoms with Crippen LogP contribution in [0, 0.1) is 0 Å². The molecular formula is C19H19N3O3. The van der Waals surface area contributed by atoms with Crippen molar-refractivity contribution < 1.29 is 14.6 Å². The summed E-state index contributed by atoms with van der Waals surface area (Å²) in [6.07, 6.45) is 0.736. The number of carbonyl (C=O) groups is 1. The number of para-hydroxylation sites is 3. The molecule has 2 aromatic carbocycles. The van der Waals surface area contributed by atoms with Gasteiger partial charge in [0.15, 0.2) is 0 Å². The third-order valence-electron chi connectivity index (χ3n) is 4.47. The molecule has 0 fully saturated rings. The van der Waals surface area contributed by atoms with E-state index in [4.69, 9.17) is 4.74 Å². The zero-order chi connectivity index (χ0) is 17.2. The Morgan fingerprint density at radius 3 is 2.92 bits per heavy atom. The fraction of sp³-hybridized carbons (Fsp3) is 0.263. The van der Waals surface area contributed by atoms with Crippen molar-refractivity contribution in [3.05, 3.63) is 59.9 Å². The minimum atomic E-state index is -0.206. The smallest absolute Gasteiger partial charge is 0.240 e. The Bertz CT molecular complexity index is 919. The second-order valence-corrected chi connectivity index (χ2v) is 6.06. The number of nitrogens with zero attached hydrogens (tertiary/aromatic N) is 2. The van der Waals surface area contributed by atoms with Crippen LogP contribution in [0.3, 0.4) is 0 Å². The maximum absolute atomic E-state index is 12.6. The highest BCUT2D eigenvalue weighted by atomic mass is 16.5. The van der Waals surface area contributed by atoms with Crippen LogP contribution >= 0.6 is 0 Å². The van der Waals surface area contributed by atoms with Gasteiger partial charge in [-0.2, -0.15) is 0 Å². The molecule has 1 atom stereocenters. The largest absolute Gasteiger partial charge is 0.493 e. The van der Waals surface area contributed by atoms with Crippen LogP contribution in [0.25, 0.3) is 11.0 Å². The van der Waals surface area contributed by atoms with E-state index in [0.29, 0.717) is 12.4 Å². The minimum absolute atomic E-state index is 0.0650. The summed E-state index contributed by atoms with van der Waals surface area (Å²) in [5, 5.41) is 12.6. The monoisotopic (exact) mass is 337 g/mol. The van der Waals surface area contributed by atoms with Crippen LogP contribution in [0.4, 0.5) is 0 Å². The van der Waals surface area contributed by atoms with Crippen LogP contribution < -0.4 is 10.1 Å². The van der Waals surface area contributed by atoms with E-state index >= 15 is 0 Å². The summed E-state index contributed by atoms with van der Waals surface area (Å²) in [6.45, 7) is 0.496. The highest BCUT2D eigenvalue weighted by Gasteiger charge is 2.23. The first-order chi connectivity index (χ1) is 12.3. The van der Waals surface area contributed by atoms with Gasteiger partial charge in [0, 0.05) is 12.0 Å². The third kappa shape index (κ3) is 2.96. The van der Waals surface area contributed by atoms with Gasteiger partial charge in [0.2, 0.25) is 5.91 Å². The SMILES string of the molecule is O=C(Cn1c(CO)nc2ccccc21)NC1CCOc2ccccc21. The number of benzene rings is 2. The number of hydrogen-bond donors (Lipinski definition) is 2. The molecule has 0 aliphatic carbocycles. The molecule has 1 aromatic heterocycles. The Morgan fingerprint density at radius 2 is 2.04 bits per heavy atom. The predicted molar refractivity (Wildman–Crippen MR) is 93.1 cm³/mol. The summed E-state index contributed by atoms with van der Waals surface area (Å²) in [7, 11) is 0. The predicted octanol–water partition coefficient (Wildman–Crippen LogP) is 2.17. The van der Waals surface area contributed by atoms with Crippen LogP contribution in [0.2, 0.25) is 0 Å². The molecule has 1 unspecified atom stereocenters. The van der Waals surface area contributed by atoms with Crippen LogP contribution in [0.15, 0.2) is 48.5 Å². The van der Waals surface area contributed by atoms with Crippen LogP contribution in [0.5, 0.6) is 5.75 Å². The summed E-state index contributed by atoms with van der Waals surface area (Å²) >= 11 is 0. The van der Waals surface area contributed by atoms with E-state index in [1.54, 1.807) is 4.57 Å². The number of fused-ring (bicyclic) bond motifs is 2. The third-order valence-corrected chi connectivity index (χ3v) is 4.47. The Labute approximate surface area is 145 Å². The number of ether oxygens (including phenoxy) is 1. The van der Waals surface area contributed by atoms with Crippen molar-refractivity contribution in [3.63, 3.8) is 0 Å². The van der Waals surface area contributed by atoms with Crippen molar-refractivity contribution in [2.24, 2.45) is 0 Å². The second-order valence-electron chi connectivity index (χ2n) is 6.06. The van der Waals surface area contributed by atoms with Gasteiger partial charge in [-0.25, -0.2) is 4.98 Å². The fourth-order valence-corrected chi connectivity index (χ4v) is 3.30. The molecule has 0 bridgehead atoms. The van der Waals surface area contributed by atoms with E-state index in [9.17, 15) is 9.90 Å². The summed E-state index contributed by atoms with van der Waals surface area (Å²) in [4.78, 5) is 17.0. The van der Waals surface area contributed by atoms with Crippen molar-refractivity contribution in [3.8, 4) is 5.75 Å². The maximum Gasteiger partial charge on any atom is 0.240 e. The lowest BCUT2D eigenvalue weighted by Gasteiger charge is -2.26. The number of hydrogen-bond acceptors (Lipinski definition) is 4. The molecule has 1 aliphatic rings. The summed E-state index contributed by atoms with van der Waals surface area (Å²) in [5.74, 6) is 1.20. The molecule has 2 heterocycles. The van der Waals surface area contributed by atoms with Crippen molar-refractivity contribution >= 4 is 16.9 Å². The van der Waals surface area contributed by atoms with Crippen molar-refractivity contribution in [2.45, 2.75) is 25.6 Å². The summed E-state index contributed by atoms with van der Waals surface area (Å²) in [6, 6.07) is 15.3. The standard InChI is InChI=1S/C19H19N3O3/c23-12-18-20-15-6-2-3-7-16(15)22(18)11-19(24)21-14-9-10-25-17-8-4-1-5-13(14)17/h1-8,14,23H,9-12H2,(H,21,24). The van der Waals surface area contributed by atoms with E-state index in [2.05, 4.69) is 10.3 Å². The molecule has 4 rings (SSSR count). The molecule has 25 heavy (non-hydrogen) atoms. The van der Waals surface area contributed by atoms with E-state index in [-0.39, 0.29) is 25.1 Å². The van der Waals surface area contributed by atoms with Gasteiger partial charge in [0.25, 0.3) is 0 Å². The topological polar surface area (TPSA) is 76.4 Å². The number of aliphatic hydroxyl groups excluding tert-OH is 1. The Hall–Kier alpha value is -2.86. The van der Waals surface area contributed by atoms with E-state index < -0.39 is 0 Å². The van der Waals surface area contributed by atoms with Gasteiger partial charge in [0.1, 0.15) is 24.7 Å². The minimum Gasteiger partial charge on any atom is -0.493 e. The Balaban J connectivity index is 1.56. The number of carbonyl (C=O) groups excluding carboxylic acids is 1. The van der Waals surface area contributed by atoms with Gasteiger partial charge >= 0.3 is 0 Å². The number of nitrogens with one attached hydrogen (secondary N) is 1. The van der Waals surface area contributed by atoms with Crippen LogP contribution in [-0.2, 0) is 17.9 Å². The zero-order valence-corrected chi connectivity index (χ0v) is 13.7. The van der Waals surface area contributed by atoms with Gasteiger partial charge in [-0.15, -0.1) is 0 Å². The molecular weight excluding hydrogens is 318 g/mol. The summed E-state index contributed by atoms with van der Waals surface area (Å²) in [5.41, 5.74) is 2.62. The lowest BCUT2D eigenvalue weighted by molar-refractivity contribution is -0.122. The molecule has 3 aromatic rings. The Kier molecular flexibility index (Phi) is 4.11. The van der Waals surface area contributed by atoms with Crippen molar-refractivity contribution in [1.29, 1.82) is 0 Å². The molecule has 128 valence electrons. The highest BCUT2D eigenvalue weighted by Crippen LogP contribution is 2.31. The lowest BCUT2D eigenvalue weighted by atomic mass is 10.0. The van der Waals surface area contributed by atoms with Gasteiger partial charge < -0.3 is 19.7 Å². The van der Waals surface area contributed by atoms with Gasteiger partial charge in [-0.05, 0) is 18.2 Å². The first kappa shape index (κ1) is 15.7. The highest BCUT2D eigenvalue weighted by molar-refractivity contribution is 5.81. The average molecular weight is 337 g/mol. The lowest BCUT2D eigenvalue weighted by Crippen LogP contribution is -2.34. The van der Waals surface area contributed by atoms with Crippen LogP contribution in [-0.4, -0.2) is 27.2 Å². The quantitative estimate of drug-likeness (QED) is 0.765. The zero-order valence-electron chi connectivity index (χ0n) is 13.7. The van der Waals surface area contributed by atoms with Gasteiger partial charge in [0.05, 0.1) is 23.7 Å². The number of aromatic nitrogens is 2. The van der Waals surface area contributed by atoms with E-state index in [0.717, 1.165) is 28.8 Å². The molecule has 0 spiro atoms. The molecule has 2 N–H and O–H groups in total. The molecule has 0 saturated heterocycles. The second kappa shape index (κ2) is 6.57. The van der Waals surface area contributed by atoms with Crippen molar-refractivity contribution in [1.82, 2.24) is 14.9 Å². The van der Waals surface area contributed by atoms with Crippen molar-refractivity contribution in [2.75, 3.05) is 6.61 Å². The van der Waals surface area contributed by atoms with E-state index in [1.165, 1.54) is 0 Å². The molecule has 1 amide bonds.